The first-order valence-electron chi connectivity index (χ1n) is 6.46. The molecule has 2 N–H and O–H groups in total. The SMILES string of the molecule is Cc1cc(SCC2Cc3ccccc3O2)ccc1N. The number of para-hydroxylation sites is 1. The Labute approximate surface area is 118 Å². The number of hydrogen-bond acceptors (Lipinski definition) is 3. The van der Waals surface area contributed by atoms with Gasteiger partial charge in [-0.1, -0.05) is 18.2 Å². The summed E-state index contributed by atoms with van der Waals surface area (Å²) in [4.78, 5) is 1.26. The van der Waals surface area contributed by atoms with Crippen LogP contribution in [0.2, 0.25) is 0 Å². The molecule has 1 aliphatic rings. The van der Waals surface area contributed by atoms with Crippen molar-refractivity contribution in [1.82, 2.24) is 0 Å². The fourth-order valence-electron chi connectivity index (χ4n) is 2.27. The van der Waals surface area contributed by atoms with Gasteiger partial charge in [0.15, 0.2) is 0 Å². The van der Waals surface area contributed by atoms with E-state index in [4.69, 9.17) is 10.5 Å². The van der Waals surface area contributed by atoms with Gasteiger partial charge in [0.1, 0.15) is 11.9 Å². The molecule has 1 atom stereocenters. The number of thioether (sulfide) groups is 1. The molecule has 3 heteroatoms. The average Bonchev–Trinajstić information content (AvgIpc) is 2.83. The third kappa shape index (κ3) is 2.71. The molecule has 2 aromatic rings. The molecule has 0 bridgehead atoms. The van der Waals surface area contributed by atoms with Crippen LogP contribution in [0.4, 0.5) is 5.69 Å². The number of hydrogen-bond donors (Lipinski definition) is 1. The van der Waals surface area contributed by atoms with E-state index in [2.05, 4.69) is 24.3 Å². The quantitative estimate of drug-likeness (QED) is 0.683. The van der Waals surface area contributed by atoms with Gasteiger partial charge < -0.3 is 10.5 Å². The third-order valence-electron chi connectivity index (χ3n) is 3.39. The lowest BCUT2D eigenvalue weighted by atomic mass is 10.1. The minimum Gasteiger partial charge on any atom is -0.489 e. The lowest BCUT2D eigenvalue weighted by Gasteiger charge is -2.11. The van der Waals surface area contributed by atoms with E-state index >= 15 is 0 Å². The van der Waals surface area contributed by atoms with E-state index in [1.807, 2.05) is 36.9 Å². The zero-order valence-corrected chi connectivity index (χ0v) is 11.7. The zero-order valence-electron chi connectivity index (χ0n) is 10.9. The van der Waals surface area contributed by atoms with Crippen molar-refractivity contribution >= 4 is 17.4 Å². The van der Waals surface area contributed by atoms with Crippen LogP contribution in [0.25, 0.3) is 0 Å². The van der Waals surface area contributed by atoms with Gasteiger partial charge in [-0.2, -0.15) is 0 Å². The van der Waals surface area contributed by atoms with Crippen LogP contribution in [0, 0.1) is 6.92 Å². The molecule has 3 rings (SSSR count). The van der Waals surface area contributed by atoms with Gasteiger partial charge in [0.05, 0.1) is 0 Å². The predicted molar refractivity (Wildman–Crippen MR) is 80.9 cm³/mol. The molecular weight excluding hydrogens is 254 g/mol. The van der Waals surface area contributed by atoms with Crippen molar-refractivity contribution in [2.75, 3.05) is 11.5 Å². The third-order valence-corrected chi connectivity index (χ3v) is 4.52. The highest BCUT2D eigenvalue weighted by Crippen LogP contribution is 2.31. The van der Waals surface area contributed by atoms with Crippen LogP contribution in [-0.2, 0) is 6.42 Å². The molecule has 19 heavy (non-hydrogen) atoms. The van der Waals surface area contributed by atoms with Gasteiger partial charge in [-0.05, 0) is 42.3 Å². The maximum Gasteiger partial charge on any atom is 0.123 e. The predicted octanol–water partition coefficient (Wildman–Crippen LogP) is 3.67. The summed E-state index contributed by atoms with van der Waals surface area (Å²) >= 11 is 1.83. The first-order chi connectivity index (χ1) is 9.22. The molecule has 0 aromatic heterocycles. The second kappa shape index (κ2) is 5.17. The highest BCUT2D eigenvalue weighted by molar-refractivity contribution is 7.99. The number of aryl methyl sites for hydroxylation is 1. The summed E-state index contributed by atoms with van der Waals surface area (Å²) in [5.41, 5.74) is 9.15. The summed E-state index contributed by atoms with van der Waals surface area (Å²) in [5.74, 6) is 2.01. The van der Waals surface area contributed by atoms with Crippen LogP contribution < -0.4 is 10.5 Å². The maximum absolute atomic E-state index is 5.94. The topological polar surface area (TPSA) is 35.2 Å². The molecule has 1 heterocycles. The molecule has 1 aliphatic heterocycles. The molecule has 2 nitrogen and oxygen atoms in total. The Balaban J connectivity index is 1.61. The van der Waals surface area contributed by atoms with Gasteiger partial charge in [0, 0.05) is 22.8 Å². The molecular formula is C16H17NOS. The number of anilines is 1. The summed E-state index contributed by atoms with van der Waals surface area (Å²) in [7, 11) is 0. The van der Waals surface area contributed by atoms with Crippen molar-refractivity contribution in [1.29, 1.82) is 0 Å². The van der Waals surface area contributed by atoms with Crippen molar-refractivity contribution in [3.63, 3.8) is 0 Å². The molecule has 0 spiro atoms. The summed E-state index contributed by atoms with van der Waals surface area (Å²) in [6.45, 7) is 2.04. The minimum atomic E-state index is 0.278. The van der Waals surface area contributed by atoms with E-state index in [0.717, 1.165) is 29.2 Å². The zero-order chi connectivity index (χ0) is 13.2. The molecule has 0 amide bonds. The van der Waals surface area contributed by atoms with E-state index in [1.54, 1.807) is 0 Å². The van der Waals surface area contributed by atoms with E-state index in [1.165, 1.54) is 10.5 Å². The highest BCUT2D eigenvalue weighted by Gasteiger charge is 2.22. The summed E-state index contributed by atoms with van der Waals surface area (Å²) in [6, 6.07) is 14.5. The second-order valence-corrected chi connectivity index (χ2v) is 5.97. The van der Waals surface area contributed by atoms with Gasteiger partial charge >= 0.3 is 0 Å². The molecule has 2 aromatic carbocycles. The number of nitrogen functional groups attached to an aromatic ring is 1. The van der Waals surface area contributed by atoms with Gasteiger partial charge in [0.2, 0.25) is 0 Å². The van der Waals surface area contributed by atoms with Crippen molar-refractivity contribution in [3.05, 3.63) is 53.6 Å². The van der Waals surface area contributed by atoms with Gasteiger partial charge in [-0.15, -0.1) is 11.8 Å². The van der Waals surface area contributed by atoms with Crippen molar-refractivity contribution < 1.29 is 4.74 Å². The maximum atomic E-state index is 5.94. The highest BCUT2D eigenvalue weighted by atomic mass is 32.2. The van der Waals surface area contributed by atoms with Crippen LogP contribution >= 0.6 is 11.8 Å². The molecule has 0 saturated carbocycles. The van der Waals surface area contributed by atoms with E-state index < -0.39 is 0 Å². The molecule has 0 fully saturated rings. The van der Waals surface area contributed by atoms with Gasteiger partial charge in [0.25, 0.3) is 0 Å². The van der Waals surface area contributed by atoms with Gasteiger partial charge in [-0.3, -0.25) is 0 Å². The summed E-state index contributed by atoms with van der Waals surface area (Å²) < 4.78 is 5.94. The smallest absolute Gasteiger partial charge is 0.123 e. The molecule has 0 saturated heterocycles. The molecule has 98 valence electrons. The largest absolute Gasteiger partial charge is 0.489 e. The molecule has 0 aliphatic carbocycles. The Morgan fingerprint density at radius 3 is 2.89 bits per heavy atom. The minimum absolute atomic E-state index is 0.278. The van der Waals surface area contributed by atoms with E-state index in [0.29, 0.717) is 0 Å². The monoisotopic (exact) mass is 271 g/mol. The number of nitrogens with two attached hydrogens (primary N) is 1. The van der Waals surface area contributed by atoms with Crippen LogP contribution in [-0.4, -0.2) is 11.9 Å². The van der Waals surface area contributed by atoms with Crippen LogP contribution in [0.15, 0.2) is 47.4 Å². The van der Waals surface area contributed by atoms with Crippen LogP contribution in [0.5, 0.6) is 5.75 Å². The molecule has 0 radical (unpaired) electrons. The normalized spacial score (nSPS) is 17.0. The van der Waals surface area contributed by atoms with Gasteiger partial charge in [-0.25, -0.2) is 0 Å². The lowest BCUT2D eigenvalue weighted by molar-refractivity contribution is 0.259. The lowest BCUT2D eigenvalue weighted by Crippen LogP contribution is -2.15. The average molecular weight is 271 g/mol. The van der Waals surface area contributed by atoms with Crippen molar-refractivity contribution in [3.8, 4) is 5.75 Å². The Morgan fingerprint density at radius 2 is 2.11 bits per heavy atom. The first kappa shape index (κ1) is 12.4. The van der Waals surface area contributed by atoms with Crippen molar-refractivity contribution in [2.24, 2.45) is 0 Å². The Bertz CT molecular complexity index is 572. The van der Waals surface area contributed by atoms with Crippen LogP contribution in [0.3, 0.4) is 0 Å². The number of ether oxygens (including phenoxy) is 1. The summed E-state index contributed by atoms with van der Waals surface area (Å²) in [5, 5.41) is 0. The molecule has 1 unspecified atom stereocenters. The Morgan fingerprint density at radius 1 is 1.26 bits per heavy atom. The fourth-order valence-corrected chi connectivity index (χ4v) is 3.26. The van der Waals surface area contributed by atoms with Crippen molar-refractivity contribution in [2.45, 2.75) is 24.3 Å². The Hall–Kier alpha value is -1.61. The van der Waals surface area contributed by atoms with E-state index in [9.17, 15) is 0 Å². The summed E-state index contributed by atoms with van der Waals surface area (Å²) in [6.07, 6.45) is 1.29. The first-order valence-corrected chi connectivity index (χ1v) is 7.44. The second-order valence-electron chi connectivity index (χ2n) is 4.88. The fraction of sp³-hybridized carbons (Fsp3) is 0.250. The standard InChI is InChI=1S/C16H17NOS/c1-11-8-14(6-7-15(11)17)19-10-13-9-12-4-2-3-5-16(12)18-13/h2-8,13H,9-10,17H2,1H3. The number of fused-ring (bicyclic) bond motifs is 1. The van der Waals surface area contributed by atoms with Crippen LogP contribution in [0.1, 0.15) is 11.1 Å². The van der Waals surface area contributed by atoms with E-state index in [-0.39, 0.29) is 6.10 Å². The number of rotatable bonds is 3. The Kier molecular flexibility index (Phi) is 3.38. The number of benzene rings is 2.